The molecule has 3 aromatic rings. The topological polar surface area (TPSA) is 84.9 Å². The van der Waals surface area contributed by atoms with Crippen molar-refractivity contribution in [2.24, 2.45) is 0 Å². The lowest BCUT2D eigenvalue weighted by atomic mass is 10.1. The Morgan fingerprint density at radius 2 is 1.64 bits per heavy atom. The molecular weight excluding hydrogens is 427 g/mol. The average Bonchev–Trinajstić information content (AvgIpc) is 2.82. The quantitative estimate of drug-likeness (QED) is 0.456. The van der Waals surface area contributed by atoms with Crippen LogP contribution in [0.15, 0.2) is 78.4 Å². The third-order valence-corrected chi connectivity index (χ3v) is 4.96. The van der Waals surface area contributed by atoms with Gasteiger partial charge < -0.3 is 9.47 Å². The number of barbiturate groups is 1. The molecule has 0 spiro atoms. The maximum Gasteiger partial charge on any atom is 0.335 e. The highest BCUT2D eigenvalue weighted by atomic mass is 19.1. The molecule has 0 bridgehead atoms. The van der Waals surface area contributed by atoms with Crippen LogP contribution in [-0.4, -0.2) is 25.0 Å². The van der Waals surface area contributed by atoms with Crippen molar-refractivity contribution in [1.82, 2.24) is 5.32 Å². The van der Waals surface area contributed by atoms with Gasteiger partial charge in [0.15, 0.2) is 0 Å². The molecule has 1 aliphatic rings. The zero-order chi connectivity index (χ0) is 23.4. The van der Waals surface area contributed by atoms with E-state index in [1.807, 2.05) is 0 Å². The number of imide groups is 2. The Morgan fingerprint density at radius 3 is 2.33 bits per heavy atom. The number of methoxy groups -OCH3 is 1. The molecule has 4 rings (SSSR count). The number of carbonyl (C=O) groups excluding carboxylic acids is 3. The number of urea groups is 1. The first-order chi connectivity index (χ1) is 16.0. The Hall–Kier alpha value is -4.46. The van der Waals surface area contributed by atoms with Crippen LogP contribution in [0.3, 0.4) is 0 Å². The van der Waals surface area contributed by atoms with Gasteiger partial charge in [0.05, 0.1) is 12.8 Å². The van der Waals surface area contributed by atoms with Crippen LogP contribution in [0.4, 0.5) is 14.9 Å². The van der Waals surface area contributed by atoms with Crippen LogP contribution in [0.25, 0.3) is 6.08 Å². The number of hydrogen-bond acceptors (Lipinski definition) is 5. The van der Waals surface area contributed by atoms with E-state index in [-0.39, 0.29) is 23.7 Å². The summed E-state index contributed by atoms with van der Waals surface area (Å²) in [4.78, 5) is 38.8. The lowest BCUT2D eigenvalue weighted by Crippen LogP contribution is -2.54. The number of rotatable bonds is 6. The summed E-state index contributed by atoms with van der Waals surface area (Å²) in [5, 5.41) is 2.19. The molecule has 166 valence electrons. The summed E-state index contributed by atoms with van der Waals surface area (Å²) in [7, 11) is 1.50. The molecule has 7 nitrogen and oxygen atoms in total. The fourth-order valence-electron chi connectivity index (χ4n) is 3.25. The van der Waals surface area contributed by atoms with Gasteiger partial charge in [0.1, 0.15) is 29.5 Å². The number of amides is 4. The summed E-state index contributed by atoms with van der Waals surface area (Å²) in [6, 6.07) is 18.2. The number of para-hydroxylation sites is 1. The maximum absolute atomic E-state index is 13.1. The van der Waals surface area contributed by atoms with Crippen molar-refractivity contribution in [3.8, 4) is 11.5 Å². The molecule has 1 heterocycles. The first kappa shape index (κ1) is 21.8. The highest BCUT2D eigenvalue weighted by Crippen LogP contribution is 2.27. The second-order valence-electron chi connectivity index (χ2n) is 7.11. The number of nitrogens with zero attached hydrogens (tertiary/aromatic N) is 1. The van der Waals surface area contributed by atoms with Crippen LogP contribution in [0.5, 0.6) is 11.5 Å². The van der Waals surface area contributed by atoms with Gasteiger partial charge >= 0.3 is 6.03 Å². The van der Waals surface area contributed by atoms with Crippen molar-refractivity contribution < 1.29 is 28.2 Å². The summed E-state index contributed by atoms with van der Waals surface area (Å²) in [5.41, 5.74) is 1.30. The van der Waals surface area contributed by atoms with Crippen LogP contribution in [-0.2, 0) is 16.2 Å². The Labute approximate surface area is 189 Å². The molecular formula is C25H19FN2O5. The lowest BCUT2D eigenvalue weighted by molar-refractivity contribution is -0.122. The minimum Gasteiger partial charge on any atom is -0.497 e. The zero-order valence-corrected chi connectivity index (χ0v) is 17.6. The van der Waals surface area contributed by atoms with Crippen molar-refractivity contribution in [1.29, 1.82) is 0 Å². The van der Waals surface area contributed by atoms with Gasteiger partial charge in [-0.15, -0.1) is 0 Å². The van der Waals surface area contributed by atoms with Crippen molar-refractivity contribution in [3.05, 3.63) is 95.3 Å². The van der Waals surface area contributed by atoms with Crippen LogP contribution < -0.4 is 19.7 Å². The maximum atomic E-state index is 13.1. The molecule has 0 radical (unpaired) electrons. The summed E-state index contributed by atoms with van der Waals surface area (Å²) in [6.45, 7) is 0.164. The Morgan fingerprint density at radius 1 is 0.939 bits per heavy atom. The van der Waals surface area contributed by atoms with E-state index in [1.54, 1.807) is 60.7 Å². The zero-order valence-electron chi connectivity index (χ0n) is 17.6. The van der Waals surface area contributed by atoms with E-state index >= 15 is 0 Å². The fraction of sp³-hybridized carbons (Fsp3) is 0.0800. The van der Waals surface area contributed by atoms with Gasteiger partial charge in [-0.25, -0.2) is 14.1 Å². The Bertz CT molecular complexity index is 1240. The van der Waals surface area contributed by atoms with Gasteiger partial charge in [0.25, 0.3) is 11.8 Å². The van der Waals surface area contributed by atoms with E-state index < -0.39 is 17.8 Å². The molecule has 0 aliphatic carbocycles. The predicted octanol–water partition coefficient (Wildman–Crippen LogP) is 4.08. The van der Waals surface area contributed by atoms with E-state index in [0.29, 0.717) is 17.1 Å². The molecule has 33 heavy (non-hydrogen) atoms. The molecule has 0 unspecified atom stereocenters. The van der Waals surface area contributed by atoms with E-state index in [1.165, 1.54) is 25.3 Å². The molecule has 1 aliphatic heterocycles. The van der Waals surface area contributed by atoms with Gasteiger partial charge in [0.2, 0.25) is 0 Å². The second-order valence-corrected chi connectivity index (χ2v) is 7.11. The highest BCUT2D eigenvalue weighted by Gasteiger charge is 2.37. The van der Waals surface area contributed by atoms with Crippen LogP contribution in [0, 0.1) is 5.82 Å². The third-order valence-electron chi connectivity index (χ3n) is 4.96. The van der Waals surface area contributed by atoms with Crippen LogP contribution in [0.2, 0.25) is 0 Å². The molecule has 8 heteroatoms. The predicted molar refractivity (Wildman–Crippen MR) is 119 cm³/mol. The fourth-order valence-corrected chi connectivity index (χ4v) is 3.25. The molecule has 4 amide bonds. The van der Waals surface area contributed by atoms with Gasteiger partial charge in [-0.1, -0.05) is 30.3 Å². The number of ether oxygens (including phenoxy) is 2. The lowest BCUT2D eigenvalue weighted by Gasteiger charge is -2.26. The Balaban J connectivity index is 1.62. The number of anilines is 1. The molecule has 1 saturated heterocycles. The largest absolute Gasteiger partial charge is 0.497 e. The molecule has 0 atom stereocenters. The molecule has 0 saturated carbocycles. The standard InChI is InChI=1S/C25H19FN2O5/c1-32-20-12-10-19(11-13-20)28-24(30)21(23(29)27-25(28)31)14-17-4-2-3-5-22(17)33-15-16-6-8-18(26)9-7-16/h2-14H,15H2,1H3,(H,27,29,31)/b21-14+. The number of halogens is 1. The van der Waals surface area contributed by atoms with Gasteiger partial charge in [-0.2, -0.15) is 0 Å². The van der Waals surface area contributed by atoms with Crippen molar-refractivity contribution in [3.63, 3.8) is 0 Å². The first-order valence-corrected chi connectivity index (χ1v) is 9.98. The summed E-state index contributed by atoms with van der Waals surface area (Å²) in [6.07, 6.45) is 1.38. The molecule has 0 aromatic heterocycles. The number of nitrogens with one attached hydrogen (secondary N) is 1. The Kier molecular flexibility index (Phi) is 6.17. The minimum absolute atomic E-state index is 0.164. The monoisotopic (exact) mass is 446 g/mol. The first-order valence-electron chi connectivity index (χ1n) is 9.98. The van der Waals surface area contributed by atoms with Gasteiger partial charge in [0, 0.05) is 5.56 Å². The number of hydrogen-bond donors (Lipinski definition) is 1. The summed E-state index contributed by atoms with van der Waals surface area (Å²) >= 11 is 0. The van der Waals surface area contributed by atoms with Crippen LogP contribution >= 0.6 is 0 Å². The van der Waals surface area contributed by atoms with Crippen molar-refractivity contribution in [2.45, 2.75) is 6.61 Å². The summed E-state index contributed by atoms with van der Waals surface area (Å²) in [5.74, 6) is -0.933. The molecule has 3 aromatic carbocycles. The van der Waals surface area contributed by atoms with Gasteiger partial charge in [-0.3, -0.25) is 14.9 Å². The van der Waals surface area contributed by atoms with Crippen LogP contribution in [0.1, 0.15) is 11.1 Å². The smallest absolute Gasteiger partial charge is 0.335 e. The molecule has 1 fully saturated rings. The average molecular weight is 446 g/mol. The van der Waals surface area contributed by atoms with E-state index in [9.17, 15) is 18.8 Å². The highest BCUT2D eigenvalue weighted by molar-refractivity contribution is 6.39. The summed E-state index contributed by atoms with van der Waals surface area (Å²) < 4.78 is 24.0. The van der Waals surface area contributed by atoms with E-state index in [0.717, 1.165) is 10.5 Å². The van der Waals surface area contributed by atoms with E-state index in [4.69, 9.17) is 9.47 Å². The van der Waals surface area contributed by atoms with E-state index in [2.05, 4.69) is 5.32 Å². The van der Waals surface area contributed by atoms with Crippen molar-refractivity contribution in [2.75, 3.05) is 12.0 Å². The molecule has 1 N–H and O–H groups in total. The van der Waals surface area contributed by atoms with Crippen molar-refractivity contribution >= 4 is 29.6 Å². The third kappa shape index (κ3) is 4.74. The second kappa shape index (κ2) is 9.35. The number of carbonyl (C=O) groups is 3. The minimum atomic E-state index is -0.840. The number of benzene rings is 3. The normalized spacial score (nSPS) is 14.9. The van der Waals surface area contributed by atoms with Gasteiger partial charge in [-0.05, 0) is 54.1 Å². The SMILES string of the molecule is COc1ccc(N2C(=O)NC(=O)/C(=C\c3ccccc3OCc3ccc(F)cc3)C2=O)cc1.